The molecule has 4 aliphatic rings. The van der Waals surface area contributed by atoms with Gasteiger partial charge in [-0.2, -0.15) is 0 Å². The summed E-state index contributed by atoms with van der Waals surface area (Å²) in [7, 11) is 0. The van der Waals surface area contributed by atoms with Gasteiger partial charge in [0.15, 0.2) is 0 Å². The maximum absolute atomic E-state index is 6.67. The molecule has 4 saturated carbocycles. The Labute approximate surface area is 85.0 Å². The Balaban J connectivity index is 1.95. The fraction of sp³-hybridized carbons (Fsp3) is 1.00. The van der Waals surface area contributed by atoms with Crippen LogP contribution < -0.4 is 5.73 Å². The molecule has 0 aromatic heterocycles. The SMILES string of the molecule is [NH3+]CC12C[C@@H]3C[C@@H](CC(Cl)(C3)C1)C2. The van der Waals surface area contributed by atoms with Crippen LogP contribution in [-0.2, 0) is 0 Å². The molecule has 3 N–H and O–H groups in total. The van der Waals surface area contributed by atoms with Gasteiger partial charge in [-0.25, -0.2) is 0 Å². The summed E-state index contributed by atoms with van der Waals surface area (Å²) in [4.78, 5) is 0.196. The number of rotatable bonds is 1. The number of hydrogen-bond donors (Lipinski definition) is 1. The lowest BCUT2D eigenvalue weighted by Gasteiger charge is -2.59. The first-order valence-electron chi connectivity index (χ1n) is 5.61. The van der Waals surface area contributed by atoms with Gasteiger partial charge in [0.1, 0.15) is 0 Å². The minimum Gasteiger partial charge on any atom is -0.357 e. The molecule has 4 bridgehead atoms. The van der Waals surface area contributed by atoms with E-state index in [1.54, 1.807) is 0 Å². The Hall–Kier alpha value is 0.250. The van der Waals surface area contributed by atoms with Crippen LogP contribution in [0.4, 0.5) is 0 Å². The number of quaternary nitrogens is 1. The van der Waals surface area contributed by atoms with Crippen molar-refractivity contribution in [1.82, 2.24) is 0 Å². The summed E-state index contributed by atoms with van der Waals surface area (Å²) >= 11 is 6.67. The largest absolute Gasteiger partial charge is 0.357 e. The molecular formula is C11H19ClN+. The van der Waals surface area contributed by atoms with E-state index in [-0.39, 0.29) is 4.87 Å². The van der Waals surface area contributed by atoms with Crippen molar-refractivity contribution in [2.75, 3.05) is 6.54 Å². The average molecular weight is 201 g/mol. The number of halogens is 1. The van der Waals surface area contributed by atoms with Gasteiger partial charge in [0.25, 0.3) is 0 Å². The summed E-state index contributed by atoms with van der Waals surface area (Å²) in [6, 6.07) is 0. The van der Waals surface area contributed by atoms with Crippen LogP contribution in [0, 0.1) is 17.3 Å². The summed E-state index contributed by atoms with van der Waals surface area (Å²) in [5.74, 6) is 1.89. The predicted octanol–water partition coefficient (Wildman–Crippen LogP) is 1.81. The highest BCUT2D eigenvalue weighted by Gasteiger charge is 2.57. The minimum atomic E-state index is 0.196. The second-order valence-corrected chi connectivity index (χ2v) is 6.66. The van der Waals surface area contributed by atoms with Crippen molar-refractivity contribution >= 4 is 11.6 Å². The quantitative estimate of drug-likeness (QED) is 0.626. The fourth-order valence-electron chi connectivity index (χ4n) is 4.63. The van der Waals surface area contributed by atoms with E-state index in [4.69, 9.17) is 11.6 Å². The van der Waals surface area contributed by atoms with E-state index in [2.05, 4.69) is 5.73 Å². The molecule has 2 heteroatoms. The summed E-state index contributed by atoms with van der Waals surface area (Å²) < 4.78 is 0. The summed E-state index contributed by atoms with van der Waals surface area (Å²) in [5.41, 5.74) is 4.71. The van der Waals surface area contributed by atoms with E-state index in [0.717, 1.165) is 18.4 Å². The highest BCUT2D eigenvalue weighted by Crippen LogP contribution is 2.63. The zero-order valence-electron chi connectivity index (χ0n) is 8.19. The van der Waals surface area contributed by atoms with Crippen molar-refractivity contribution in [1.29, 1.82) is 0 Å². The van der Waals surface area contributed by atoms with Crippen LogP contribution in [0.3, 0.4) is 0 Å². The maximum Gasteiger partial charge on any atom is 0.0797 e. The normalized spacial score (nSPS) is 58.6. The first-order valence-corrected chi connectivity index (χ1v) is 5.99. The van der Waals surface area contributed by atoms with Crippen LogP contribution in [0.5, 0.6) is 0 Å². The number of alkyl halides is 1. The first kappa shape index (κ1) is 8.55. The van der Waals surface area contributed by atoms with Crippen molar-refractivity contribution in [3.63, 3.8) is 0 Å². The topological polar surface area (TPSA) is 27.6 Å². The molecule has 2 unspecified atom stereocenters. The van der Waals surface area contributed by atoms with E-state index < -0.39 is 0 Å². The lowest BCUT2D eigenvalue weighted by molar-refractivity contribution is -0.402. The predicted molar refractivity (Wildman–Crippen MR) is 53.5 cm³/mol. The van der Waals surface area contributed by atoms with Crippen molar-refractivity contribution < 1.29 is 5.73 Å². The molecule has 4 atom stereocenters. The molecule has 1 nitrogen and oxygen atoms in total. The molecule has 74 valence electrons. The van der Waals surface area contributed by atoms with Crippen molar-refractivity contribution in [3.8, 4) is 0 Å². The highest BCUT2D eigenvalue weighted by atomic mass is 35.5. The van der Waals surface area contributed by atoms with Gasteiger partial charge in [-0.15, -0.1) is 11.6 Å². The molecule has 0 aliphatic heterocycles. The van der Waals surface area contributed by atoms with Crippen molar-refractivity contribution in [3.05, 3.63) is 0 Å². The van der Waals surface area contributed by atoms with Crippen LogP contribution >= 0.6 is 11.6 Å². The van der Waals surface area contributed by atoms with Gasteiger partial charge in [0, 0.05) is 10.3 Å². The van der Waals surface area contributed by atoms with E-state index in [0.29, 0.717) is 5.41 Å². The standard InChI is InChI=1S/C11H18ClN/c12-11-4-8-1-9(5-11)3-10(2-8,6-11)7-13/h8-9H,1-7,13H2/p+1/t8-,9+,10?,11?. The maximum atomic E-state index is 6.67. The van der Waals surface area contributed by atoms with Crippen molar-refractivity contribution in [2.24, 2.45) is 17.3 Å². The average Bonchev–Trinajstić information content (AvgIpc) is 1.99. The van der Waals surface area contributed by atoms with Crippen LogP contribution in [0.1, 0.15) is 38.5 Å². The summed E-state index contributed by atoms with van der Waals surface area (Å²) in [6.07, 6.45) is 8.19. The third kappa shape index (κ3) is 1.16. The molecule has 13 heavy (non-hydrogen) atoms. The van der Waals surface area contributed by atoms with E-state index >= 15 is 0 Å². The van der Waals surface area contributed by atoms with Crippen molar-refractivity contribution in [2.45, 2.75) is 43.4 Å². The Bertz CT molecular complexity index is 224. The third-order valence-corrected chi connectivity index (χ3v) is 5.08. The zero-order chi connectivity index (χ0) is 9.10. The monoisotopic (exact) mass is 200 g/mol. The summed E-state index contributed by atoms with van der Waals surface area (Å²) in [5, 5.41) is 0. The van der Waals surface area contributed by atoms with Gasteiger partial charge in [0.05, 0.1) is 6.54 Å². The molecule has 0 amide bonds. The van der Waals surface area contributed by atoms with E-state index in [1.807, 2.05) is 0 Å². The van der Waals surface area contributed by atoms with E-state index in [1.165, 1.54) is 38.5 Å². The Kier molecular flexibility index (Phi) is 1.60. The lowest BCUT2D eigenvalue weighted by Crippen LogP contribution is -2.65. The van der Waals surface area contributed by atoms with Gasteiger partial charge in [-0.1, -0.05) is 0 Å². The second kappa shape index (κ2) is 2.43. The first-order chi connectivity index (χ1) is 6.13. The molecule has 4 aliphatic carbocycles. The van der Waals surface area contributed by atoms with Gasteiger partial charge < -0.3 is 5.73 Å². The molecule has 0 spiro atoms. The molecule has 0 aromatic rings. The Morgan fingerprint density at radius 2 is 1.77 bits per heavy atom. The van der Waals surface area contributed by atoms with E-state index in [9.17, 15) is 0 Å². The van der Waals surface area contributed by atoms with Crippen LogP contribution in [0.25, 0.3) is 0 Å². The number of hydrogen-bond acceptors (Lipinski definition) is 0. The molecule has 0 heterocycles. The Morgan fingerprint density at radius 1 is 1.15 bits per heavy atom. The van der Waals surface area contributed by atoms with Crippen LogP contribution in [0.15, 0.2) is 0 Å². The van der Waals surface area contributed by atoms with Gasteiger partial charge in [0.2, 0.25) is 0 Å². The zero-order valence-corrected chi connectivity index (χ0v) is 8.95. The van der Waals surface area contributed by atoms with Crippen LogP contribution in [-0.4, -0.2) is 11.4 Å². The van der Waals surface area contributed by atoms with Gasteiger partial charge in [-0.3, -0.25) is 0 Å². The summed E-state index contributed by atoms with van der Waals surface area (Å²) in [6.45, 7) is 1.12. The minimum absolute atomic E-state index is 0.196. The third-order valence-electron chi connectivity index (χ3n) is 4.64. The fourth-order valence-corrected chi connectivity index (χ4v) is 5.35. The molecule has 4 rings (SSSR count). The molecule has 0 saturated heterocycles. The Morgan fingerprint density at radius 3 is 2.23 bits per heavy atom. The lowest BCUT2D eigenvalue weighted by atomic mass is 9.49. The molecule has 0 radical (unpaired) electrons. The smallest absolute Gasteiger partial charge is 0.0797 e. The van der Waals surface area contributed by atoms with Gasteiger partial charge in [-0.05, 0) is 50.4 Å². The molecule has 0 aromatic carbocycles. The molecular weight excluding hydrogens is 182 g/mol. The highest BCUT2D eigenvalue weighted by molar-refractivity contribution is 6.24. The molecule has 4 fully saturated rings. The van der Waals surface area contributed by atoms with Crippen LogP contribution in [0.2, 0.25) is 0 Å². The second-order valence-electron chi connectivity index (χ2n) is 5.86. The van der Waals surface area contributed by atoms with Gasteiger partial charge >= 0.3 is 0 Å².